The molecule has 0 aliphatic carbocycles. The summed E-state index contributed by atoms with van der Waals surface area (Å²) >= 11 is 0. The van der Waals surface area contributed by atoms with Crippen molar-refractivity contribution in [2.45, 2.75) is 13.0 Å². The minimum Gasteiger partial charge on any atom is -0.495 e. The molecule has 1 heterocycles. The van der Waals surface area contributed by atoms with Gasteiger partial charge in [-0.05, 0) is 17.7 Å². The van der Waals surface area contributed by atoms with Crippen LogP contribution in [0.2, 0.25) is 0 Å². The maximum atomic E-state index is 12.1. The summed E-state index contributed by atoms with van der Waals surface area (Å²) in [6.45, 7) is -0.276. The number of aliphatic hydroxyl groups excluding tert-OH is 1. The number of ether oxygens (including phenoxy) is 2. The maximum Gasteiger partial charge on any atom is 0.573 e. The molecule has 0 saturated heterocycles. The summed E-state index contributed by atoms with van der Waals surface area (Å²) in [5.41, 5.74) is 1.69. The van der Waals surface area contributed by atoms with Crippen LogP contribution in [0.4, 0.5) is 13.2 Å². The second-order valence-electron chi connectivity index (χ2n) is 4.10. The van der Waals surface area contributed by atoms with Gasteiger partial charge in [0.05, 0.1) is 19.9 Å². The molecule has 2 aromatic rings. The first-order valence-corrected chi connectivity index (χ1v) is 5.92. The number of aliphatic hydroxyl groups is 1. The number of aromatic nitrogens is 1. The first-order chi connectivity index (χ1) is 9.94. The van der Waals surface area contributed by atoms with Crippen LogP contribution in [-0.2, 0) is 6.61 Å². The van der Waals surface area contributed by atoms with Crippen molar-refractivity contribution in [2.75, 3.05) is 7.11 Å². The molecule has 1 aromatic heterocycles. The van der Waals surface area contributed by atoms with E-state index in [1.54, 1.807) is 0 Å². The van der Waals surface area contributed by atoms with E-state index in [2.05, 4.69) is 9.72 Å². The van der Waals surface area contributed by atoms with Crippen molar-refractivity contribution in [3.05, 3.63) is 42.2 Å². The van der Waals surface area contributed by atoms with E-state index in [1.807, 2.05) is 0 Å². The SMILES string of the molecule is COc1cncc(-c2ccc(OC(F)(F)F)cc2)c1CO. The average Bonchev–Trinajstić information content (AvgIpc) is 2.45. The highest BCUT2D eigenvalue weighted by atomic mass is 19.4. The predicted molar refractivity (Wildman–Crippen MR) is 68.8 cm³/mol. The number of rotatable bonds is 4. The van der Waals surface area contributed by atoms with Crippen molar-refractivity contribution >= 4 is 0 Å². The molecule has 1 aromatic carbocycles. The van der Waals surface area contributed by atoms with Gasteiger partial charge in [0, 0.05) is 17.3 Å². The largest absolute Gasteiger partial charge is 0.573 e. The van der Waals surface area contributed by atoms with Crippen LogP contribution in [0.3, 0.4) is 0 Å². The highest BCUT2D eigenvalue weighted by molar-refractivity contribution is 5.69. The molecule has 0 radical (unpaired) electrons. The number of pyridine rings is 1. The fraction of sp³-hybridized carbons (Fsp3) is 0.214. The van der Waals surface area contributed by atoms with Gasteiger partial charge in [-0.2, -0.15) is 0 Å². The summed E-state index contributed by atoms with van der Waals surface area (Å²) in [7, 11) is 1.44. The molecule has 0 atom stereocenters. The lowest BCUT2D eigenvalue weighted by Gasteiger charge is -2.12. The fourth-order valence-electron chi connectivity index (χ4n) is 1.89. The Morgan fingerprint density at radius 2 is 1.81 bits per heavy atom. The number of nitrogens with zero attached hydrogens (tertiary/aromatic N) is 1. The van der Waals surface area contributed by atoms with Gasteiger partial charge < -0.3 is 14.6 Å². The van der Waals surface area contributed by atoms with Gasteiger partial charge >= 0.3 is 6.36 Å². The Hall–Kier alpha value is -2.28. The van der Waals surface area contributed by atoms with Crippen molar-refractivity contribution in [3.63, 3.8) is 0 Å². The van der Waals surface area contributed by atoms with Crippen LogP contribution in [-0.4, -0.2) is 23.6 Å². The van der Waals surface area contributed by atoms with Crippen LogP contribution >= 0.6 is 0 Å². The smallest absolute Gasteiger partial charge is 0.495 e. The van der Waals surface area contributed by atoms with Crippen LogP contribution in [0.1, 0.15) is 5.56 Å². The highest BCUT2D eigenvalue weighted by Gasteiger charge is 2.31. The van der Waals surface area contributed by atoms with Crippen molar-refractivity contribution in [2.24, 2.45) is 0 Å². The lowest BCUT2D eigenvalue weighted by atomic mass is 10.0. The van der Waals surface area contributed by atoms with Gasteiger partial charge in [0.1, 0.15) is 11.5 Å². The Kier molecular flexibility index (Phi) is 4.32. The van der Waals surface area contributed by atoms with Crippen LogP contribution in [0.25, 0.3) is 11.1 Å². The summed E-state index contributed by atoms with van der Waals surface area (Å²) in [6.07, 6.45) is -1.76. The summed E-state index contributed by atoms with van der Waals surface area (Å²) < 4.78 is 45.2. The van der Waals surface area contributed by atoms with Crippen LogP contribution in [0.5, 0.6) is 11.5 Å². The van der Waals surface area contributed by atoms with Gasteiger partial charge in [-0.25, -0.2) is 0 Å². The third-order valence-electron chi connectivity index (χ3n) is 2.79. The molecular weight excluding hydrogens is 287 g/mol. The first kappa shape index (κ1) is 15.1. The van der Waals surface area contributed by atoms with Crippen molar-refractivity contribution in [1.82, 2.24) is 4.98 Å². The zero-order valence-electron chi connectivity index (χ0n) is 11.0. The summed E-state index contributed by atoms with van der Waals surface area (Å²) in [6, 6.07) is 5.31. The Balaban J connectivity index is 2.35. The molecule has 0 aliphatic rings. The molecule has 112 valence electrons. The molecule has 0 aliphatic heterocycles. The minimum atomic E-state index is -4.73. The molecule has 0 bridgehead atoms. The van der Waals surface area contributed by atoms with Gasteiger partial charge in [0.2, 0.25) is 0 Å². The van der Waals surface area contributed by atoms with Crippen molar-refractivity contribution in [3.8, 4) is 22.6 Å². The highest BCUT2D eigenvalue weighted by Crippen LogP contribution is 2.31. The summed E-state index contributed by atoms with van der Waals surface area (Å²) in [5, 5.41) is 9.42. The van der Waals surface area contributed by atoms with E-state index in [9.17, 15) is 18.3 Å². The topological polar surface area (TPSA) is 51.6 Å². The third-order valence-corrected chi connectivity index (χ3v) is 2.79. The normalized spacial score (nSPS) is 11.3. The van der Waals surface area contributed by atoms with E-state index in [0.29, 0.717) is 22.4 Å². The van der Waals surface area contributed by atoms with Gasteiger partial charge in [0.25, 0.3) is 0 Å². The van der Waals surface area contributed by atoms with E-state index in [0.717, 1.165) is 0 Å². The zero-order valence-corrected chi connectivity index (χ0v) is 11.0. The summed E-state index contributed by atoms with van der Waals surface area (Å²) in [5.74, 6) is 0.0956. The molecular formula is C14H12F3NO3. The molecule has 7 heteroatoms. The van der Waals surface area contributed by atoms with Gasteiger partial charge in [-0.15, -0.1) is 13.2 Å². The number of methoxy groups -OCH3 is 1. The molecule has 2 rings (SSSR count). The molecule has 0 amide bonds. The third kappa shape index (κ3) is 3.63. The molecule has 0 saturated carbocycles. The monoisotopic (exact) mass is 299 g/mol. The van der Waals surface area contributed by atoms with Gasteiger partial charge in [0.15, 0.2) is 0 Å². The number of halogens is 3. The molecule has 4 nitrogen and oxygen atoms in total. The van der Waals surface area contributed by atoms with Gasteiger partial charge in [-0.3, -0.25) is 4.98 Å². The molecule has 0 fully saturated rings. The maximum absolute atomic E-state index is 12.1. The standard InChI is InChI=1S/C14H12F3NO3/c1-20-13-7-18-6-11(12(13)8-19)9-2-4-10(5-3-9)21-14(15,16)17/h2-7,19H,8H2,1H3. The number of alkyl halides is 3. The van der Waals surface area contributed by atoms with E-state index in [1.165, 1.54) is 43.8 Å². The lowest BCUT2D eigenvalue weighted by molar-refractivity contribution is -0.274. The van der Waals surface area contributed by atoms with Crippen LogP contribution in [0.15, 0.2) is 36.7 Å². The van der Waals surface area contributed by atoms with E-state index >= 15 is 0 Å². The molecule has 21 heavy (non-hydrogen) atoms. The van der Waals surface area contributed by atoms with E-state index < -0.39 is 6.36 Å². The predicted octanol–water partition coefficient (Wildman–Crippen LogP) is 3.15. The quantitative estimate of drug-likeness (QED) is 0.942. The Labute approximate surface area is 118 Å². The number of hydrogen-bond donors (Lipinski definition) is 1. The Morgan fingerprint density at radius 3 is 2.33 bits per heavy atom. The van der Waals surface area contributed by atoms with E-state index in [4.69, 9.17) is 4.74 Å². The number of benzene rings is 1. The second kappa shape index (κ2) is 6.01. The van der Waals surface area contributed by atoms with E-state index in [-0.39, 0.29) is 12.4 Å². The van der Waals surface area contributed by atoms with Crippen molar-refractivity contribution in [1.29, 1.82) is 0 Å². The molecule has 1 N–H and O–H groups in total. The molecule has 0 unspecified atom stereocenters. The Morgan fingerprint density at radius 1 is 1.14 bits per heavy atom. The van der Waals surface area contributed by atoms with Gasteiger partial charge in [-0.1, -0.05) is 12.1 Å². The minimum absolute atomic E-state index is 0.276. The molecule has 0 spiro atoms. The first-order valence-electron chi connectivity index (χ1n) is 5.92. The van der Waals surface area contributed by atoms with Crippen molar-refractivity contribution < 1.29 is 27.8 Å². The fourth-order valence-corrected chi connectivity index (χ4v) is 1.89. The van der Waals surface area contributed by atoms with Crippen LogP contribution in [0, 0.1) is 0 Å². The Bertz CT molecular complexity index is 612. The summed E-state index contributed by atoms with van der Waals surface area (Å²) in [4.78, 5) is 3.97. The number of hydrogen-bond acceptors (Lipinski definition) is 4. The lowest BCUT2D eigenvalue weighted by Crippen LogP contribution is -2.16. The zero-order chi connectivity index (χ0) is 15.5. The second-order valence-corrected chi connectivity index (χ2v) is 4.10. The van der Waals surface area contributed by atoms with Crippen LogP contribution < -0.4 is 9.47 Å². The average molecular weight is 299 g/mol.